The van der Waals surface area contributed by atoms with Crippen molar-refractivity contribution in [1.82, 2.24) is 0 Å². The van der Waals surface area contributed by atoms with Crippen LogP contribution in [0.3, 0.4) is 0 Å². The highest BCUT2D eigenvalue weighted by Crippen LogP contribution is 2.38. The average molecular weight is 381 g/mol. The smallest absolute Gasteiger partial charge is 0.221 e. The van der Waals surface area contributed by atoms with Gasteiger partial charge in [-0.05, 0) is 35.2 Å². The number of aromatic hydroxyl groups is 1. The van der Waals surface area contributed by atoms with Crippen molar-refractivity contribution < 1.29 is 9.90 Å². The lowest BCUT2D eigenvalue weighted by Gasteiger charge is -2.08. The lowest BCUT2D eigenvalue weighted by Crippen LogP contribution is -2.05. The molecule has 0 aliphatic carbocycles. The second kappa shape index (κ2) is 7.94. The van der Waals surface area contributed by atoms with Crippen molar-refractivity contribution in [3.8, 4) is 16.9 Å². The Kier molecular flexibility index (Phi) is 5.03. The SMILES string of the molecule is CC(=O)Nc1ccc2ccc(N=Nc3ccccc3-c3ccccc3)c(O)c2c1. The maximum atomic E-state index is 11.3. The van der Waals surface area contributed by atoms with Gasteiger partial charge in [-0.15, -0.1) is 10.2 Å². The number of benzene rings is 4. The summed E-state index contributed by atoms with van der Waals surface area (Å²) in [5.74, 6) is -0.146. The minimum Gasteiger partial charge on any atom is -0.505 e. The molecule has 0 aliphatic heterocycles. The topological polar surface area (TPSA) is 74.0 Å². The quantitative estimate of drug-likeness (QED) is 0.392. The molecular formula is C24H19N3O2. The number of hydrogen-bond donors (Lipinski definition) is 2. The highest BCUT2D eigenvalue weighted by atomic mass is 16.3. The number of amides is 1. The molecule has 0 fully saturated rings. The summed E-state index contributed by atoms with van der Waals surface area (Å²) in [4.78, 5) is 11.3. The van der Waals surface area contributed by atoms with Gasteiger partial charge in [-0.3, -0.25) is 4.79 Å². The number of hydrogen-bond acceptors (Lipinski definition) is 4. The number of azo groups is 1. The highest BCUT2D eigenvalue weighted by molar-refractivity contribution is 5.97. The Bertz CT molecular complexity index is 1220. The van der Waals surface area contributed by atoms with E-state index in [0.717, 1.165) is 16.5 Å². The summed E-state index contributed by atoms with van der Waals surface area (Å²) in [5.41, 5.74) is 3.70. The molecular weight excluding hydrogens is 362 g/mol. The van der Waals surface area contributed by atoms with Crippen LogP contribution in [0.15, 0.2) is 95.2 Å². The van der Waals surface area contributed by atoms with Crippen LogP contribution in [0.1, 0.15) is 6.92 Å². The predicted molar refractivity (Wildman–Crippen MR) is 116 cm³/mol. The molecule has 0 bridgehead atoms. The molecule has 0 saturated carbocycles. The summed E-state index contributed by atoms with van der Waals surface area (Å²) in [7, 11) is 0. The largest absolute Gasteiger partial charge is 0.505 e. The third-order valence-electron chi connectivity index (χ3n) is 4.55. The standard InChI is InChI=1S/C24H19N3O2/c1-16(28)25-19-13-11-18-12-14-23(24(29)21(18)15-19)27-26-22-10-6-5-9-20(22)17-7-3-2-4-8-17/h2-15,29H,1H3,(H,25,28). The summed E-state index contributed by atoms with van der Waals surface area (Å²) < 4.78 is 0. The van der Waals surface area contributed by atoms with E-state index in [4.69, 9.17) is 0 Å². The normalized spacial score (nSPS) is 11.1. The van der Waals surface area contributed by atoms with E-state index in [2.05, 4.69) is 15.5 Å². The third-order valence-corrected chi connectivity index (χ3v) is 4.55. The van der Waals surface area contributed by atoms with E-state index in [1.807, 2.05) is 66.7 Å². The number of phenols is 1. The second-order valence-corrected chi connectivity index (χ2v) is 6.63. The maximum Gasteiger partial charge on any atom is 0.221 e. The Morgan fingerprint density at radius 3 is 2.31 bits per heavy atom. The summed E-state index contributed by atoms with van der Waals surface area (Å²) in [6.07, 6.45) is 0. The number of fused-ring (bicyclic) bond motifs is 1. The van der Waals surface area contributed by atoms with Gasteiger partial charge in [0, 0.05) is 23.6 Å². The van der Waals surface area contributed by atoms with Gasteiger partial charge in [0.1, 0.15) is 5.69 Å². The van der Waals surface area contributed by atoms with Gasteiger partial charge in [-0.1, -0.05) is 60.7 Å². The van der Waals surface area contributed by atoms with Gasteiger partial charge in [-0.2, -0.15) is 0 Å². The number of nitrogens with zero attached hydrogens (tertiary/aromatic N) is 2. The fourth-order valence-corrected chi connectivity index (χ4v) is 3.18. The molecule has 0 saturated heterocycles. The number of carbonyl (C=O) groups is 1. The molecule has 4 aromatic rings. The van der Waals surface area contributed by atoms with Gasteiger partial charge in [-0.25, -0.2) is 0 Å². The van der Waals surface area contributed by atoms with Crippen molar-refractivity contribution in [2.24, 2.45) is 10.2 Å². The van der Waals surface area contributed by atoms with Gasteiger partial charge in [0.05, 0.1) is 5.69 Å². The van der Waals surface area contributed by atoms with Crippen molar-refractivity contribution in [3.63, 3.8) is 0 Å². The van der Waals surface area contributed by atoms with Crippen LogP contribution in [-0.4, -0.2) is 11.0 Å². The lowest BCUT2D eigenvalue weighted by atomic mass is 10.0. The van der Waals surface area contributed by atoms with Crippen LogP contribution < -0.4 is 5.32 Å². The molecule has 0 aromatic heterocycles. The fourth-order valence-electron chi connectivity index (χ4n) is 3.18. The maximum absolute atomic E-state index is 11.3. The fraction of sp³-hybridized carbons (Fsp3) is 0.0417. The lowest BCUT2D eigenvalue weighted by molar-refractivity contribution is -0.114. The molecule has 0 heterocycles. The first kappa shape index (κ1) is 18.4. The van der Waals surface area contributed by atoms with Crippen molar-refractivity contribution in [2.75, 3.05) is 5.32 Å². The first-order valence-corrected chi connectivity index (χ1v) is 9.21. The zero-order valence-electron chi connectivity index (χ0n) is 15.8. The molecule has 1 amide bonds. The molecule has 0 spiro atoms. The van der Waals surface area contributed by atoms with Gasteiger partial charge in [0.2, 0.25) is 5.91 Å². The Morgan fingerprint density at radius 2 is 1.52 bits per heavy atom. The Morgan fingerprint density at radius 1 is 0.828 bits per heavy atom. The molecule has 4 aromatic carbocycles. The van der Waals surface area contributed by atoms with Crippen molar-refractivity contribution in [2.45, 2.75) is 6.92 Å². The monoisotopic (exact) mass is 381 g/mol. The van der Waals surface area contributed by atoms with Gasteiger partial charge >= 0.3 is 0 Å². The molecule has 0 aliphatic rings. The molecule has 2 N–H and O–H groups in total. The van der Waals surface area contributed by atoms with E-state index >= 15 is 0 Å². The summed E-state index contributed by atoms with van der Waals surface area (Å²) in [5, 5.41) is 23.6. The molecule has 0 atom stereocenters. The first-order chi connectivity index (χ1) is 14.1. The molecule has 0 radical (unpaired) electrons. The summed E-state index contributed by atoms with van der Waals surface area (Å²) in [6.45, 7) is 1.44. The summed E-state index contributed by atoms with van der Waals surface area (Å²) in [6, 6.07) is 26.6. The molecule has 29 heavy (non-hydrogen) atoms. The van der Waals surface area contributed by atoms with Crippen molar-refractivity contribution in [3.05, 3.63) is 84.9 Å². The Balaban J connectivity index is 1.72. The zero-order chi connectivity index (χ0) is 20.2. The average Bonchev–Trinajstić information content (AvgIpc) is 2.74. The van der Waals surface area contributed by atoms with Crippen LogP contribution in [0, 0.1) is 0 Å². The van der Waals surface area contributed by atoms with E-state index in [9.17, 15) is 9.90 Å². The van der Waals surface area contributed by atoms with E-state index in [1.54, 1.807) is 18.2 Å². The van der Waals surface area contributed by atoms with E-state index in [-0.39, 0.29) is 11.7 Å². The van der Waals surface area contributed by atoms with Gasteiger partial charge < -0.3 is 10.4 Å². The zero-order valence-corrected chi connectivity index (χ0v) is 15.8. The van der Waals surface area contributed by atoms with E-state index in [0.29, 0.717) is 22.4 Å². The van der Waals surface area contributed by atoms with Crippen LogP contribution in [0.25, 0.3) is 21.9 Å². The van der Waals surface area contributed by atoms with Crippen LogP contribution in [0.2, 0.25) is 0 Å². The van der Waals surface area contributed by atoms with E-state index in [1.165, 1.54) is 6.92 Å². The first-order valence-electron chi connectivity index (χ1n) is 9.21. The van der Waals surface area contributed by atoms with Crippen LogP contribution in [-0.2, 0) is 4.79 Å². The molecule has 142 valence electrons. The Hall–Kier alpha value is -3.99. The number of carbonyl (C=O) groups excluding carboxylic acids is 1. The molecule has 5 nitrogen and oxygen atoms in total. The van der Waals surface area contributed by atoms with Crippen LogP contribution in [0.5, 0.6) is 5.75 Å². The molecule has 5 heteroatoms. The molecule has 4 rings (SSSR count). The van der Waals surface area contributed by atoms with E-state index < -0.39 is 0 Å². The van der Waals surface area contributed by atoms with Crippen LogP contribution in [0.4, 0.5) is 17.1 Å². The number of rotatable bonds is 4. The van der Waals surface area contributed by atoms with Crippen molar-refractivity contribution >= 4 is 33.7 Å². The number of nitrogens with one attached hydrogen (secondary N) is 1. The summed E-state index contributed by atoms with van der Waals surface area (Å²) >= 11 is 0. The second-order valence-electron chi connectivity index (χ2n) is 6.63. The van der Waals surface area contributed by atoms with Crippen molar-refractivity contribution in [1.29, 1.82) is 0 Å². The number of phenolic OH excluding ortho intramolecular Hbond substituents is 1. The van der Waals surface area contributed by atoms with Gasteiger partial charge in [0.25, 0.3) is 0 Å². The minimum atomic E-state index is -0.169. The Labute approximate surface area is 168 Å². The highest BCUT2D eigenvalue weighted by Gasteiger charge is 2.09. The minimum absolute atomic E-state index is 0.0237. The predicted octanol–water partition coefficient (Wildman–Crippen LogP) is 6.59. The van der Waals surface area contributed by atoms with Gasteiger partial charge in [0.15, 0.2) is 5.75 Å². The number of anilines is 1. The van der Waals surface area contributed by atoms with Crippen LogP contribution >= 0.6 is 0 Å². The third kappa shape index (κ3) is 3.99. The molecule has 0 unspecified atom stereocenters.